The van der Waals surface area contributed by atoms with Crippen molar-refractivity contribution in [3.8, 4) is 22.6 Å². The maximum absolute atomic E-state index is 6.41. The van der Waals surface area contributed by atoms with Crippen LogP contribution in [0.15, 0.2) is 97.3 Å². The fourth-order valence-electron chi connectivity index (χ4n) is 5.37. The quantitative estimate of drug-likeness (QED) is 0.330. The van der Waals surface area contributed by atoms with Gasteiger partial charge < -0.3 is 9.64 Å². The summed E-state index contributed by atoms with van der Waals surface area (Å²) in [6, 6.07) is 30.8. The first-order valence-corrected chi connectivity index (χ1v) is 12.2. The molecule has 2 aliphatic rings. The molecule has 3 aromatic carbocycles. The second-order valence-corrected chi connectivity index (χ2v) is 9.22. The fourth-order valence-corrected chi connectivity index (χ4v) is 5.37. The van der Waals surface area contributed by atoms with Crippen molar-refractivity contribution < 1.29 is 4.74 Å². The Balaban J connectivity index is 1.29. The predicted octanol–water partition coefficient (Wildman–Crippen LogP) is 7.22. The third-order valence-electron chi connectivity index (χ3n) is 7.25. The summed E-state index contributed by atoms with van der Waals surface area (Å²) in [7, 11) is 0. The summed E-state index contributed by atoms with van der Waals surface area (Å²) >= 11 is 0. The highest BCUT2D eigenvalue weighted by atomic mass is 16.5. The predicted molar refractivity (Wildman–Crippen MR) is 138 cm³/mol. The van der Waals surface area contributed by atoms with Crippen LogP contribution >= 0.6 is 0 Å². The lowest BCUT2D eigenvalue weighted by atomic mass is 9.96. The van der Waals surface area contributed by atoms with Crippen LogP contribution in [0.1, 0.15) is 31.4 Å². The molecule has 4 nitrogen and oxygen atoms in total. The molecule has 0 aliphatic carbocycles. The molecule has 0 saturated carbocycles. The molecule has 0 bridgehead atoms. The summed E-state index contributed by atoms with van der Waals surface area (Å²) in [6.45, 7) is 4.50. The third-order valence-corrected chi connectivity index (χ3v) is 7.25. The number of anilines is 2. The molecule has 170 valence electrons. The molecule has 1 fully saturated rings. The monoisotopic (exact) mass is 447 g/mol. The summed E-state index contributed by atoms with van der Waals surface area (Å²) in [4.78, 5) is 9.42. The summed E-state index contributed by atoms with van der Waals surface area (Å²) in [5.41, 5.74) is 5.94. The van der Waals surface area contributed by atoms with E-state index in [1.165, 1.54) is 11.3 Å². The minimum absolute atomic E-state index is 0.437. The number of fused-ring (bicyclic) bond motifs is 2. The Kier molecular flexibility index (Phi) is 5.52. The fraction of sp³-hybridized carbons (Fsp3) is 0.233. The number of hydrogen-bond donors (Lipinski definition) is 0. The van der Waals surface area contributed by atoms with Gasteiger partial charge in [-0.15, -0.1) is 0 Å². The van der Waals surface area contributed by atoms with Crippen molar-refractivity contribution in [1.82, 2.24) is 9.88 Å². The third kappa shape index (κ3) is 3.84. The molecule has 1 unspecified atom stereocenters. The first kappa shape index (κ1) is 20.9. The van der Waals surface area contributed by atoms with E-state index in [1.807, 2.05) is 12.3 Å². The number of para-hydroxylation sites is 2. The SMILES string of the molecule is CC(c1ccccc1)N1CCC(N2c3ccccc3Oc3cc(-c4cccnc4)ccc32)CC1. The Bertz CT molecular complexity index is 1270. The maximum atomic E-state index is 6.41. The average Bonchev–Trinajstić information content (AvgIpc) is 2.92. The van der Waals surface area contributed by atoms with Gasteiger partial charge in [0.1, 0.15) is 0 Å². The van der Waals surface area contributed by atoms with Crippen LogP contribution < -0.4 is 9.64 Å². The van der Waals surface area contributed by atoms with Crippen molar-refractivity contribution in [3.05, 3.63) is 103 Å². The normalized spacial score (nSPS) is 16.9. The lowest BCUT2D eigenvalue weighted by Crippen LogP contribution is -2.44. The molecular formula is C30H29N3O. The summed E-state index contributed by atoms with van der Waals surface area (Å²) in [5.74, 6) is 1.85. The number of ether oxygens (including phenoxy) is 1. The van der Waals surface area contributed by atoms with E-state index in [2.05, 4.69) is 101 Å². The highest BCUT2D eigenvalue weighted by Gasteiger charge is 2.33. The molecule has 3 heterocycles. The van der Waals surface area contributed by atoms with Gasteiger partial charge in [-0.1, -0.05) is 54.6 Å². The number of aromatic nitrogens is 1. The lowest BCUT2D eigenvalue weighted by Gasteiger charge is -2.44. The topological polar surface area (TPSA) is 28.6 Å². The molecule has 6 rings (SSSR count). The van der Waals surface area contributed by atoms with Crippen molar-refractivity contribution in [2.24, 2.45) is 0 Å². The van der Waals surface area contributed by atoms with E-state index in [9.17, 15) is 0 Å². The maximum Gasteiger partial charge on any atom is 0.151 e. The van der Waals surface area contributed by atoms with Gasteiger partial charge in [0.25, 0.3) is 0 Å². The van der Waals surface area contributed by atoms with Gasteiger partial charge in [0.15, 0.2) is 11.5 Å². The van der Waals surface area contributed by atoms with Crippen LogP contribution in [-0.2, 0) is 0 Å². The van der Waals surface area contributed by atoms with Crippen molar-refractivity contribution >= 4 is 11.4 Å². The Morgan fingerprint density at radius 3 is 2.35 bits per heavy atom. The van der Waals surface area contributed by atoms with E-state index in [4.69, 9.17) is 4.74 Å². The minimum atomic E-state index is 0.437. The number of hydrogen-bond acceptors (Lipinski definition) is 4. The molecule has 0 spiro atoms. The molecule has 2 aliphatic heterocycles. The van der Waals surface area contributed by atoms with Crippen LogP contribution in [0.25, 0.3) is 11.1 Å². The number of pyridine rings is 1. The summed E-state index contributed by atoms with van der Waals surface area (Å²) in [6.07, 6.45) is 5.95. The molecule has 1 saturated heterocycles. The number of piperidine rings is 1. The number of benzene rings is 3. The first-order valence-electron chi connectivity index (χ1n) is 12.2. The molecule has 0 radical (unpaired) electrons. The van der Waals surface area contributed by atoms with E-state index in [-0.39, 0.29) is 0 Å². The zero-order valence-electron chi connectivity index (χ0n) is 19.5. The Morgan fingerprint density at radius 2 is 1.56 bits per heavy atom. The Labute approximate surface area is 201 Å². The van der Waals surface area contributed by atoms with Crippen molar-refractivity contribution in [2.45, 2.75) is 31.8 Å². The summed E-state index contributed by atoms with van der Waals surface area (Å²) in [5, 5.41) is 0. The van der Waals surface area contributed by atoms with Gasteiger partial charge in [-0.3, -0.25) is 9.88 Å². The highest BCUT2D eigenvalue weighted by molar-refractivity contribution is 5.81. The van der Waals surface area contributed by atoms with Crippen LogP contribution in [-0.4, -0.2) is 29.0 Å². The molecule has 4 aromatic rings. The average molecular weight is 448 g/mol. The first-order chi connectivity index (χ1) is 16.8. The van der Waals surface area contributed by atoms with Crippen LogP contribution in [0.3, 0.4) is 0 Å². The molecule has 1 aromatic heterocycles. The zero-order chi connectivity index (χ0) is 22.9. The minimum Gasteiger partial charge on any atom is -0.453 e. The van der Waals surface area contributed by atoms with Crippen LogP contribution in [0.4, 0.5) is 11.4 Å². The smallest absolute Gasteiger partial charge is 0.151 e. The van der Waals surface area contributed by atoms with Gasteiger partial charge in [0.2, 0.25) is 0 Å². The van der Waals surface area contributed by atoms with E-state index in [0.29, 0.717) is 12.1 Å². The molecule has 0 amide bonds. The number of likely N-dealkylation sites (tertiary alicyclic amines) is 1. The van der Waals surface area contributed by atoms with Gasteiger partial charge in [-0.25, -0.2) is 0 Å². The van der Waals surface area contributed by atoms with Gasteiger partial charge in [-0.2, -0.15) is 0 Å². The van der Waals surface area contributed by atoms with Gasteiger partial charge in [0, 0.05) is 43.1 Å². The van der Waals surface area contributed by atoms with E-state index < -0.39 is 0 Å². The second-order valence-electron chi connectivity index (χ2n) is 9.22. The molecule has 1 atom stereocenters. The van der Waals surface area contributed by atoms with E-state index in [0.717, 1.165) is 54.2 Å². The zero-order valence-corrected chi connectivity index (χ0v) is 19.5. The number of rotatable bonds is 4. The Morgan fingerprint density at radius 1 is 0.794 bits per heavy atom. The molecule has 4 heteroatoms. The largest absolute Gasteiger partial charge is 0.453 e. The Hall–Kier alpha value is -3.63. The highest BCUT2D eigenvalue weighted by Crippen LogP contribution is 2.49. The molecular weight excluding hydrogens is 418 g/mol. The van der Waals surface area contributed by atoms with Gasteiger partial charge in [-0.05, 0) is 61.2 Å². The van der Waals surface area contributed by atoms with E-state index in [1.54, 1.807) is 6.20 Å². The van der Waals surface area contributed by atoms with Crippen LogP contribution in [0, 0.1) is 0 Å². The van der Waals surface area contributed by atoms with Crippen LogP contribution in [0.2, 0.25) is 0 Å². The number of nitrogens with zero attached hydrogens (tertiary/aromatic N) is 3. The van der Waals surface area contributed by atoms with Crippen LogP contribution in [0.5, 0.6) is 11.5 Å². The molecule has 34 heavy (non-hydrogen) atoms. The second kappa shape index (κ2) is 8.96. The lowest BCUT2D eigenvalue weighted by molar-refractivity contribution is 0.162. The van der Waals surface area contributed by atoms with Crippen molar-refractivity contribution in [1.29, 1.82) is 0 Å². The van der Waals surface area contributed by atoms with Crippen molar-refractivity contribution in [2.75, 3.05) is 18.0 Å². The standard InChI is InChI=1S/C30H29N3O/c1-22(23-8-3-2-4-9-23)32-18-15-26(16-19-32)33-27-11-5-6-12-29(27)34-30-20-24(13-14-28(30)33)25-10-7-17-31-21-25/h2-14,17,20-22,26H,15-16,18-19H2,1H3. The molecule has 0 N–H and O–H groups in total. The van der Waals surface area contributed by atoms with Crippen molar-refractivity contribution in [3.63, 3.8) is 0 Å². The van der Waals surface area contributed by atoms with Gasteiger partial charge in [0.05, 0.1) is 11.4 Å². The summed E-state index contributed by atoms with van der Waals surface area (Å²) < 4.78 is 6.41. The van der Waals surface area contributed by atoms with Gasteiger partial charge >= 0.3 is 0 Å². The van der Waals surface area contributed by atoms with E-state index >= 15 is 0 Å².